The van der Waals surface area contributed by atoms with Crippen LogP contribution < -0.4 is 5.32 Å². The fraction of sp³-hybridized carbons (Fsp3) is 0.143. The number of para-hydroxylation sites is 1. The van der Waals surface area contributed by atoms with Gasteiger partial charge in [-0.15, -0.1) is 11.3 Å². The molecule has 0 aliphatic rings. The molecule has 4 nitrogen and oxygen atoms in total. The van der Waals surface area contributed by atoms with Gasteiger partial charge >= 0.3 is 0 Å². The summed E-state index contributed by atoms with van der Waals surface area (Å²) in [6.07, 6.45) is 1.08. The third kappa shape index (κ3) is 4.00. The fourth-order valence-electron chi connectivity index (χ4n) is 2.82. The van der Waals surface area contributed by atoms with Crippen molar-refractivity contribution in [3.8, 4) is 0 Å². The Morgan fingerprint density at radius 2 is 1.88 bits per heavy atom. The molecule has 0 fully saturated rings. The molecule has 2 heterocycles. The van der Waals surface area contributed by atoms with Crippen LogP contribution in [0.2, 0.25) is 0 Å². The topological polar surface area (TPSA) is 55.1 Å². The minimum atomic E-state index is -0.0537. The van der Waals surface area contributed by atoms with E-state index in [1.807, 2.05) is 53.9 Å². The van der Waals surface area contributed by atoms with Gasteiger partial charge in [-0.1, -0.05) is 48.5 Å². The first kappa shape index (κ1) is 16.5. The molecule has 130 valence electrons. The van der Waals surface area contributed by atoms with E-state index in [0.29, 0.717) is 6.54 Å². The van der Waals surface area contributed by atoms with Gasteiger partial charge < -0.3 is 9.73 Å². The first-order valence-corrected chi connectivity index (χ1v) is 9.35. The van der Waals surface area contributed by atoms with Gasteiger partial charge in [0, 0.05) is 17.2 Å². The summed E-state index contributed by atoms with van der Waals surface area (Å²) in [7, 11) is 0. The summed E-state index contributed by atoms with van der Waals surface area (Å²) < 4.78 is 5.71. The molecule has 26 heavy (non-hydrogen) atoms. The number of amides is 1. The van der Waals surface area contributed by atoms with Crippen molar-refractivity contribution < 1.29 is 9.21 Å². The molecule has 2 aromatic carbocycles. The van der Waals surface area contributed by atoms with Crippen LogP contribution in [0.4, 0.5) is 0 Å². The number of nitrogens with zero attached hydrogens (tertiary/aromatic N) is 1. The van der Waals surface area contributed by atoms with E-state index < -0.39 is 0 Å². The van der Waals surface area contributed by atoms with Crippen molar-refractivity contribution in [1.29, 1.82) is 0 Å². The van der Waals surface area contributed by atoms with Gasteiger partial charge in [0.1, 0.15) is 11.3 Å². The van der Waals surface area contributed by atoms with Gasteiger partial charge in [-0.3, -0.25) is 4.79 Å². The maximum absolute atomic E-state index is 12.2. The van der Waals surface area contributed by atoms with Crippen LogP contribution in [0.3, 0.4) is 0 Å². The second-order valence-electron chi connectivity index (χ2n) is 6.10. The zero-order valence-corrected chi connectivity index (χ0v) is 15.0. The Bertz CT molecular complexity index is 988. The van der Waals surface area contributed by atoms with Crippen molar-refractivity contribution in [2.24, 2.45) is 0 Å². The second kappa shape index (κ2) is 7.54. The van der Waals surface area contributed by atoms with Gasteiger partial charge in [-0.05, 0) is 17.7 Å². The molecule has 0 atom stereocenters. The number of carbonyl (C=O) groups excluding carboxylic acids is 1. The van der Waals surface area contributed by atoms with Crippen molar-refractivity contribution in [2.75, 3.05) is 0 Å². The second-order valence-corrected chi connectivity index (χ2v) is 7.04. The number of hydrogen-bond donors (Lipinski definition) is 1. The van der Waals surface area contributed by atoms with Gasteiger partial charge in [0.2, 0.25) is 5.91 Å². The fourth-order valence-corrected chi connectivity index (χ4v) is 3.65. The monoisotopic (exact) mass is 362 g/mol. The summed E-state index contributed by atoms with van der Waals surface area (Å²) in [5.74, 6) is 0.699. The zero-order valence-electron chi connectivity index (χ0n) is 14.1. The number of hydrogen-bond acceptors (Lipinski definition) is 4. The van der Waals surface area contributed by atoms with E-state index in [1.54, 1.807) is 11.3 Å². The van der Waals surface area contributed by atoms with E-state index in [2.05, 4.69) is 22.4 Å². The maximum atomic E-state index is 12.2. The van der Waals surface area contributed by atoms with Crippen LogP contribution in [0.25, 0.3) is 11.0 Å². The SMILES string of the molecule is O=C(Cc1csc(Cc2ccccc2)n1)NCc1cc2ccccc2o1. The third-order valence-corrected chi connectivity index (χ3v) is 4.97. The summed E-state index contributed by atoms with van der Waals surface area (Å²) in [5.41, 5.74) is 2.87. The smallest absolute Gasteiger partial charge is 0.226 e. The molecule has 0 aliphatic carbocycles. The summed E-state index contributed by atoms with van der Waals surface area (Å²) in [6.45, 7) is 0.383. The maximum Gasteiger partial charge on any atom is 0.226 e. The highest BCUT2D eigenvalue weighted by Crippen LogP contribution is 2.19. The van der Waals surface area contributed by atoms with Crippen LogP contribution in [-0.4, -0.2) is 10.9 Å². The molecular weight excluding hydrogens is 344 g/mol. The highest BCUT2D eigenvalue weighted by molar-refractivity contribution is 7.09. The van der Waals surface area contributed by atoms with Gasteiger partial charge in [0.25, 0.3) is 0 Å². The Hall–Kier alpha value is -2.92. The average Bonchev–Trinajstić information content (AvgIpc) is 3.27. The van der Waals surface area contributed by atoms with E-state index in [4.69, 9.17) is 4.42 Å². The summed E-state index contributed by atoms with van der Waals surface area (Å²) >= 11 is 1.59. The van der Waals surface area contributed by atoms with Crippen LogP contribution in [-0.2, 0) is 24.2 Å². The van der Waals surface area contributed by atoms with Crippen LogP contribution in [0.1, 0.15) is 22.0 Å². The van der Waals surface area contributed by atoms with Crippen LogP contribution >= 0.6 is 11.3 Å². The van der Waals surface area contributed by atoms with Crippen molar-refractivity contribution in [3.63, 3.8) is 0 Å². The predicted molar refractivity (Wildman–Crippen MR) is 103 cm³/mol. The normalized spacial score (nSPS) is 10.9. The zero-order chi connectivity index (χ0) is 17.8. The summed E-state index contributed by atoms with van der Waals surface area (Å²) in [4.78, 5) is 16.7. The van der Waals surface area contributed by atoms with Crippen molar-refractivity contribution >= 4 is 28.2 Å². The number of thiazole rings is 1. The van der Waals surface area contributed by atoms with Crippen LogP contribution in [0, 0.1) is 0 Å². The minimum Gasteiger partial charge on any atom is -0.459 e. The van der Waals surface area contributed by atoms with Crippen molar-refractivity contribution in [2.45, 2.75) is 19.4 Å². The molecule has 4 aromatic rings. The van der Waals surface area contributed by atoms with E-state index in [0.717, 1.165) is 33.9 Å². The molecule has 5 heteroatoms. The molecule has 0 aliphatic heterocycles. The Morgan fingerprint density at radius 3 is 2.73 bits per heavy atom. The first-order chi connectivity index (χ1) is 12.8. The number of aromatic nitrogens is 1. The molecule has 0 bridgehead atoms. The lowest BCUT2D eigenvalue weighted by atomic mass is 10.2. The van der Waals surface area contributed by atoms with Gasteiger partial charge in [-0.2, -0.15) is 0 Å². The molecule has 1 amide bonds. The quantitative estimate of drug-likeness (QED) is 0.555. The Kier molecular flexibility index (Phi) is 4.80. The minimum absolute atomic E-state index is 0.0537. The molecule has 2 aromatic heterocycles. The lowest BCUT2D eigenvalue weighted by molar-refractivity contribution is -0.120. The lowest BCUT2D eigenvalue weighted by Crippen LogP contribution is -2.24. The number of carbonyl (C=O) groups is 1. The largest absolute Gasteiger partial charge is 0.459 e. The number of fused-ring (bicyclic) bond motifs is 1. The number of benzene rings is 2. The lowest BCUT2D eigenvalue weighted by Gasteiger charge is -2.01. The van der Waals surface area contributed by atoms with Crippen molar-refractivity contribution in [3.05, 3.63) is 88.1 Å². The first-order valence-electron chi connectivity index (χ1n) is 8.47. The highest BCUT2D eigenvalue weighted by atomic mass is 32.1. The molecule has 4 rings (SSSR count). The summed E-state index contributed by atoms with van der Waals surface area (Å²) in [5, 5.41) is 6.92. The molecule has 0 saturated heterocycles. The molecule has 1 N–H and O–H groups in total. The third-order valence-electron chi connectivity index (χ3n) is 4.08. The highest BCUT2D eigenvalue weighted by Gasteiger charge is 2.10. The van der Waals surface area contributed by atoms with E-state index >= 15 is 0 Å². The Labute approximate surface area is 155 Å². The number of rotatable bonds is 6. The van der Waals surface area contributed by atoms with Gasteiger partial charge in [-0.25, -0.2) is 4.98 Å². The molecule has 0 unspecified atom stereocenters. The average molecular weight is 362 g/mol. The molecule has 0 saturated carbocycles. The molecule has 0 radical (unpaired) electrons. The van der Waals surface area contributed by atoms with Gasteiger partial charge in [0.15, 0.2) is 0 Å². The number of furan rings is 1. The summed E-state index contributed by atoms with van der Waals surface area (Å²) in [6, 6.07) is 20.0. The Morgan fingerprint density at radius 1 is 1.08 bits per heavy atom. The number of nitrogens with one attached hydrogen (secondary N) is 1. The standard InChI is InChI=1S/C21H18N2O2S/c24-20(22-13-18-11-16-8-4-5-9-19(16)25-18)12-17-14-26-21(23-17)10-15-6-2-1-3-7-15/h1-9,11,14H,10,12-13H2,(H,22,24). The van der Waals surface area contributed by atoms with E-state index in [-0.39, 0.29) is 12.3 Å². The van der Waals surface area contributed by atoms with E-state index in [1.165, 1.54) is 5.56 Å². The van der Waals surface area contributed by atoms with Crippen LogP contribution in [0.5, 0.6) is 0 Å². The van der Waals surface area contributed by atoms with Crippen molar-refractivity contribution in [1.82, 2.24) is 10.3 Å². The van der Waals surface area contributed by atoms with E-state index in [9.17, 15) is 4.79 Å². The Balaban J connectivity index is 1.32. The molecule has 0 spiro atoms. The van der Waals surface area contributed by atoms with Crippen LogP contribution in [0.15, 0.2) is 70.5 Å². The molecular formula is C21H18N2O2S. The predicted octanol–water partition coefficient (Wildman–Crippen LogP) is 4.34. The van der Waals surface area contributed by atoms with Gasteiger partial charge in [0.05, 0.1) is 23.7 Å².